The van der Waals surface area contributed by atoms with Crippen molar-refractivity contribution < 1.29 is 19.1 Å². The molecule has 1 aromatic heterocycles. The molecule has 0 spiro atoms. The van der Waals surface area contributed by atoms with Gasteiger partial charge in [0.2, 0.25) is 5.91 Å². The summed E-state index contributed by atoms with van der Waals surface area (Å²) < 4.78 is 11.3. The Morgan fingerprint density at radius 3 is 2.68 bits per heavy atom. The van der Waals surface area contributed by atoms with Gasteiger partial charge in [0.15, 0.2) is 0 Å². The predicted molar refractivity (Wildman–Crippen MR) is 129 cm³/mol. The summed E-state index contributed by atoms with van der Waals surface area (Å²) in [5, 5.41) is 0. The molecule has 1 atom stereocenters. The van der Waals surface area contributed by atoms with Crippen molar-refractivity contribution in [3.8, 4) is 5.75 Å². The Hall–Kier alpha value is -2.97. The van der Waals surface area contributed by atoms with Crippen LogP contribution in [0.5, 0.6) is 5.75 Å². The second-order valence-electron chi connectivity index (χ2n) is 9.16. The number of aromatic nitrogens is 1. The summed E-state index contributed by atoms with van der Waals surface area (Å²) in [6, 6.07) is 12.9. The van der Waals surface area contributed by atoms with E-state index < -0.39 is 5.41 Å². The number of pyridine rings is 1. The molecule has 0 N–H and O–H groups in total. The lowest BCUT2D eigenvalue weighted by molar-refractivity contribution is -0.136. The Morgan fingerprint density at radius 2 is 1.94 bits per heavy atom. The molecule has 0 unspecified atom stereocenters. The van der Waals surface area contributed by atoms with Crippen molar-refractivity contribution in [2.24, 2.45) is 0 Å². The van der Waals surface area contributed by atoms with Gasteiger partial charge in [0.1, 0.15) is 17.8 Å². The zero-order valence-electron chi connectivity index (χ0n) is 20.1. The first-order chi connectivity index (χ1) is 16.5. The number of carbonyl (C=O) groups excluding carboxylic acids is 2. The van der Waals surface area contributed by atoms with Crippen LogP contribution in [0.4, 0.5) is 0 Å². The number of hydrogen-bond donors (Lipinski definition) is 0. The third-order valence-electron chi connectivity index (χ3n) is 6.61. The summed E-state index contributed by atoms with van der Waals surface area (Å²) in [7, 11) is 3.51. The molecule has 34 heavy (non-hydrogen) atoms. The normalized spacial score (nSPS) is 21.2. The first kappa shape index (κ1) is 24.2. The summed E-state index contributed by atoms with van der Waals surface area (Å²) in [5.74, 6) is 0.561. The van der Waals surface area contributed by atoms with Gasteiger partial charge in [-0.15, -0.1) is 0 Å². The van der Waals surface area contributed by atoms with Crippen LogP contribution in [0.3, 0.4) is 0 Å². The quantitative estimate of drug-likeness (QED) is 0.622. The molecule has 0 saturated carbocycles. The number of rotatable bonds is 7. The van der Waals surface area contributed by atoms with E-state index in [-0.39, 0.29) is 11.8 Å². The number of likely N-dealkylation sites (tertiary alicyclic amines) is 1. The van der Waals surface area contributed by atoms with E-state index in [9.17, 15) is 9.59 Å². The molecular weight excluding hydrogens is 432 g/mol. The maximum absolute atomic E-state index is 13.5. The highest BCUT2D eigenvalue weighted by Crippen LogP contribution is 2.35. The van der Waals surface area contributed by atoms with E-state index >= 15 is 0 Å². The van der Waals surface area contributed by atoms with Gasteiger partial charge in [0.25, 0.3) is 5.91 Å². The topological polar surface area (TPSA) is 75.2 Å². The van der Waals surface area contributed by atoms with Crippen molar-refractivity contribution in [3.63, 3.8) is 0 Å². The fraction of sp³-hybridized carbons (Fsp3) is 0.500. The summed E-state index contributed by atoms with van der Waals surface area (Å²) in [6.45, 7) is 5.65. The van der Waals surface area contributed by atoms with Crippen LogP contribution in [0.15, 0.2) is 48.7 Å². The van der Waals surface area contributed by atoms with Gasteiger partial charge in [0.05, 0.1) is 18.9 Å². The van der Waals surface area contributed by atoms with E-state index in [0.717, 1.165) is 39.3 Å². The van der Waals surface area contributed by atoms with Crippen LogP contribution in [0.1, 0.15) is 28.9 Å². The minimum atomic E-state index is -0.842. The van der Waals surface area contributed by atoms with Crippen LogP contribution in [0, 0.1) is 0 Å². The zero-order valence-corrected chi connectivity index (χ0v) is 20.1. The van der Waals surface area contributed by atoms with Gasteiger partial charge in [-0.05, 0) is 43.2 Å². The van der Waals surface area contributed by atoms with Crippen LogP contribution >= 0.6 is 0 Å². The Morgan fingerprint density at radius 1 is 1.12 bits per heavy atom. The molecule has 0 radical (unpaired) electrons. The van der Waals surface area contributed by atoms with Gasteiger partial charge < -0.3 is 19.3 Å². The second kappa shape index (κ2) is 11.0. The summed E-state index contributed by atoms with van der Waals surface area (Å²) in [6.07, 6.45) is 3.10. The molecule has 182 valence electrons. The molecule has 3 heterocycles. The lowest BCUT2D eigenvalue weighted by atomic mass is 9.75. The fourth-order valence-electron chi connectivity index (χ4n) is 4.81. The van der Waals surface area contributed by atoms with E-state index in [1.54, 1.807) is 36.2 Å². The first-order valence-corrected chi connectivity index (χ1v) is 12.0. The molecule has 2 saturated heterocycles. The van der Waals surface area contributed by atoms with Gasteiger partial charge >= 0.3 is 0 Å². The van der Waals surface area contributed by atoms with Crippen LogP contribution in [-0.4, -0.2) is 98.1 Å². The molecule has 8 nitrogen and oxygen atoms in total. The second-order valence-corrected chi connectivity index (χ2v) is 9.16. The van der Waals surface area contributed by atoms with Crippen LogP contribution in [0.2, 0.25) is 0 Å². The van der Waals surface area contributed by atoms with Crippen LogP contribution in [0.25, 0.3) is 0 Å². The maximum Gasteiger partial charge on any atom is 0.254 e. The summed E-state index contributed by atoms with van der Waals surface area (Å²) >= 11 is 0. The first-order valence-electron chi connectivity index (χ1n) is 12.0. The zero-order chi connectivity index (χ0) is 24.0. The minimum absolute atomic E-state index is 0.0242. The molecule has 1 aromatic carbocycles. The maximum atomic E-state index is 13.5. The Labute approximate surface area is 201 Å². The Bertz CT molecular complexity index is 978. The molecule has 2 aliphatic rings. The average Bonchev–Trinajstić information content (AvgIpc) is 2.89. The lowest BCUT2D eigenvalue weighted by Crippen LogP contribution is -2.56. The van der Waals surface area contributed by atoms with Gasteiger partial charge in [-0.1, -0.05) is 12.1 Å². The highest BCUT2D eigenvalue weighted by molar-refractivity contribution is 5.96. The molecule has 2 fully saturated rings. The molecule has 0 bridgehead atoms. The molecule has 4 rings (SSSR count). The number of likely N-dealkylation sites (N-methyl/N-ethyl adjacent to an activating group) is 1. The van der Waals surface area contributed by atoms with Crippen molar-refractivity contribution in [2.75, 3.05) is 66.6 Å². The van der Waals surface area contributed by atoms with E-state index in [2.05, 4.69) is 9.88 Å². The smallest absolute Gasteiger partial charge is 0.254 e. The Kier molecular flexibility index (Phi) is 7.80. The number of benzene rings is 1. The largest absolute Gasteiger partial charge is 0.492 e. The number of nitrogens with zero attached hydrogens (tertiary/aromatic N) is 4. The van der Waals surface area contributed by atoms with E-state index in [1.165, 1.54) is 0 Å². The third-order valence-corrected chi connectivity index (χ3v) is 6.61. The fourth-order valence-corrected chi connectivity index (χ4v) is 4.81. The number of hydrogen-bond acceptors (Lipinski definition) is 6. The number of amides is 2. The molecular formula is C26H34N4O4. The molecule has 2 amide bonds. The van der Waals surface area contributed by atoms with E-state index in [4.69, 9.17) is 9.47 Å². The minimum Gasteiger partial charge on any atom is -0.492 e. The molecule has 8 heteroatoms. The van der Waals surface area contributed by atoms with Crippen molar-refractivity contribution >= 4 is 11.8 Å². The van der Waals surface area contributed by atoms with Gasteiger partial charge in [-0.3, -0.25) is 19.5 Å². The van der Waals surface area contributed by atoms with Crippen molar-refractivity contribution in [1.29, 1.82) is 0 Å². The summed E-state index contributed by atoms with van der Waals surface area (Å²) in [4.78, 5) is 37.0. The van der Waals surface area contributed by atoms with Gasteiger partial charge in [-0.25, -0.2) is 0 Å². The van der Waals surface area contributed by atoms with Crippen LogP contribution < -0.4 is 4.74 Å². The lowest BCUT2D eigenvalue weighted by Gasteiger charge is -2.42. The predicted octanol–water partition coefficient (Wildman–Crippen LogP) is 2.05. The summed E-state index contributed by atoms with van der Waals surface area (Å²) in [5.41, 5.74) is 0.440. The van der Waals surface area contributed by atoms with Crippen molar-refractivity contribution in [3.05, 3.63) is 59.9 Å². The van der Waals surface area contributed by atoms with E-state index in [1.807, 2.05) is 36.4 Å². The molecule has 0 aliphatic carbocycles. The highest BCUT2D eigenvalue weighted by atomic mass is 16.5. The monoisotopic (exact) mass is 466 g/mol. The van der Waals surface area contributed by atoms with E-state index in [0.29, 0.717) is 43.1 Å². The van der Waals surface area contributed by atoms with Crippen molar-refractivity contribution in [1.82, 2.24) is 19.7 Å². The third kappa shape index (κ3) is 5.39. The average molecular weight is 467 g/mol. The van der Waals surface area contributed by atoms with Gasteiger partial charge in [-0.2, -0.15) is 0 Å². The molecule has 2 aromatic rings. The SMILES string of the molecule is CN(C)C(=O)[C@]1(c2ccccn2)CCCN(C(=O)c2cccc(OCCN3CCOCC3)c2)C1. The standard InChI is InChI=1S/C26H34N4O4/c1-28(2)25(32)26(23-9-3-4-11-27-23)10-6-12-30(20-26)24(31)21-7-5-8-22(19-21)34-18-15-29-13-16-33-17-14-29/h3-5,7-9,11,19H,6,10,12-18,20H2,1-2H3/t26-/m1/s1. The highest BCUT2D eigenvalue weighted by Gasteiger charge is 2.46. The number of carbonyl (C=O) groups is 2. The van der Waals surface area contributed by atoms with Crippen LogP contribution in [-0.2, 0) is 14.9 Å². The number of ether oxygens (including phenoxy) is 2. The number of morpholine rings is 1. The van der Waals surface area contributed by atoms with Gasteiger partial charge in [0, 0.05) is 58.6 Å². The van der Waals surface area contributed by atoms with Crippen molar-refractivity contribution in [2.45, 2.75) is 18.3 Å². The molecule has 2 aliphatic heterocycles. The Balaban J connectivity index is 1.47. The number of piperidine rings is 1.